The van der Waals surface area contributed by atoms with Gasteiger partial charge in [0.1, 0.15) is 17.5 Å². The third-order valence-electron chi connectivity index (χ3n) is 2.95. The highest BCUT2D eigenvalue weighted by Crippen LogP contribution is 2.20. The summed E-state index contributed by atoms with van der Waals surface area (Å²) < 4.78 is 1.86. The molecule has 2 aromatic heterocycles. The molecule has 0 amide bonds. The van der Waals surface area contributed by atoms with E-state index in [0.717, 1.165) is 5.82 Å². The number of hydrogen-bond acceptors (Lipinski definition) is 7. The zero-order valence-electron chi connectivity index (χ0n) is 12.2. The zero-order chi connectivity index (χ0) is 16.1. The van der Waals surface area contributed by atoms with Crippen molar-refractivity contribution in [2.75, 3.05) is 5.75 Å². The summed E-state index contributed by atoms with van der Waals surface area (Å²) in [6, 6.07) is 5.88. The molecule has 0 atom stereocenters. The maximum Gasteiger partial charge on any atom is 0.191 e. The van der Waals surface area contributed by atoms with Crippen LogP contribution in [-0.4, -0.2) is 26.3 Å². The van der Waals surface area contributed by atoms with Crippen LogP contribution in [0.25, 0.3) is 0 Å². The van der Waals surface area contributed by atoms with E-state index in [2.05, 4.69) is 10.2 Å². The Hall–Kier alpha value is -2.11. The molecule has 0 aliphatic carbocycles. The lowest BCUT2D eigenvalue weighted by atomic mass is 10.2. The van der Waals surface area contributed by atoms with Crippen molar-refractivity contribution in [1.82, 2.24) is 14.8 Å². The van der Waals surface area contributed by atoms with Gasteiger partial charge in [-0.1, -0.05) is 17.8 Å². The summed E-state index contributed by atoms with van der Waals surface area (Å²) >= 11 is 2.92. The standard InChI is InChI=1S/C14H15N5OS2/c1-9(16)11(7-15)12(20)8-22-14-18-17-13(19(14)2)6-10-4-3-5-21-10/h3-5H,6,8,16H2,1-2H3/b11-9-. The predicted octanol–water partition coefficient (Wildman–Crippen LogP) is 1.88. The van der Waals surface area contributed by atoms with Gasteiger partial charge in [0.05, 0.1) is 5.75 Å². The molecule has 0 bridgehead atoms. The molecular formula is C14H15N5OS2. The first-order valence-electron chi connectivity index (χ1n) is 6.46. The molecule has 6 nitrogen and oxygen atoms in total. The lowest BCUT2D eigenvalue weighted by molar-refractivity contribution is -0.112. The summed E-state index contributed by atoms with van der Waals surface area (Å²) in [5.41, 5.74) is 5.77. The first-order chi connectivity index (χ1) is 10.5. The first-order valence-corrected chi connectivity index (χ1v) is 8.32. The van der Waals surface area contributed by atoms with Crippen molar-refractivity contribution in [2.24, 2.45) is 12.8 Å². The van der Waals surface area contributed by atoms with Gasteiger partial charge in [0.15, 0.2) is 10.9 Å². The van der Waals surface area contributed by atoms with E-state index in [1.165, 1.54) is 16.6 Å². The lowest BCUT2D eigenvalue weighted by Gasteiger charge is -2.03. The summed E-state index contributed by atoms with van der Waals surface area (Å²) in [5, 5.41) is 19.8. The van der Waals surface area contributed by atoms with Gasteiger partial charge in [-0.25, -0.2) is 0 Å². The Labute approximate surface area is 136 Å². The molecular weight excluding hydrogens is 318 g/mol. The number of nitriles is 1. The van der Waals surface area contributed by atoms with Crippen molar-refractivity contribution in [1.29, 1.82) is 5.26 Å². The number of ketones is 1. The molecule has 0 aromatic carbocycles. The predicted molar refractivity (Wildman–Crippen MR) is 86.4 cm³/mol. The van der Waals surface area contributed by atoms with Crippen LogP contribution in [0.15, 0.2) is 33.9 Å². The topological polar surface area (TPSA) is 97.6 Å². The molecule has 8 heteroatoms. The number of aromatic nitrogens is 3. The molecule has 22 heavy (non-hydrogen) atoms. The van der Waals surface area contributed by atoms with Crippen molar-refractivity contribution in [3.63, 3.8) is 0 Å². The second-order valence-corrected chi connectivity index (χ2v) is 6.57. The van der Waals surface area contributed by atoms with E-state index in [0.29, 0.717) is 11.6 Å². The molecule has 2 aromatic rings. The van der Waals surface area contributed by atoms with Crippen LogP contribution in [0.2, 0.25) is 0 Å². The molecule has 0 saturated heterocycles. The van der Waals surface area contributed by atoms with Crippen LogP contribution in [0.5, 0.6) is 0 Å². The Kier molecular flexibility index (Phi) is 5.35. The van der Waals surface area contributed by atoms with Crippen molar-refractivity contribution >= 4 is 28.9 Å². The molecule has 0 radical (unpaired) electrons. The number of thiophene rings is 1. The van der Waals surface area contributed by atoms with Gasteiger partial charge in [-0.05, 0) is 18.4 Å². The van der Waals surface area contributed by atoms with Crippen LogP contribution in [0.1, 0.15) is 17.6 Å². The van der Waals surface area contributed by atoms with E-state index in [9.17, 15) is 4.79 Å². The van der Waals surface area contributed by atoms with Gasteiger partial charge < -0.3 is 10.3 Å². The maximum absolute atomic E-state index is 11.9. The van der Waals surface area contributed by atoms with Gasteiger partial charge in [0.25, 0.3) is 0 Å². The van der Waals surface area contributed by atoms with E-state index in [1.54, 1.807) is 18.3 Å². The van der Waals surface area contributed by atoms with Gasteiger partial charge in [-0.3, -0.25) is 4.79 Å². The number of thioether (sulfide) groups is 1. The number of hydrogen-bond donors (Lipinski definition) is 1. The van der Waals surface area contributed by atoms with Crippen LogP contribution in [0.3, 0.4) is 0 Å². The fourth-order valence-electron chi connectivity index (χ4n) is 1.77. The molecule has 0 unspecified atom stereocenters. The molecule has 0 aliphatic heterocycles. The monoisotopic (exact) mass is 333 g/mol. The van der Waals surface area contributed by atoms with Gasteiger partial charge in [0.2, 0.25) is 0 Å². The molecule has 0 saturated carbocycles. The van der Waals surface area contributed by atoms with E-state index >= 15 is 0 Å². The zero-order valence-corrected chi connectivity index (χ0v) is 13.9. The lowest BCUT2D eigenvalue weighted by Crippen LogP contribution is -2.10. The highest BCUT2D eigenvalue weighted by molar-refractivity contribution is 7.99. The van der Waals surface area contributed by atoms with Crippen molar-refractivity contribution in [2.45, 2.75) is 18.5 Å². The number of rotatable bonds is 6. The SMILES string of the molecule is C/C(N)=C(\C#N)C(=O)CSc1nnc(Cc2cccs2)n1C. The quantitative estimate of drug-likeness (QED) is 0.492. The normalized spacial score (nSPS) is 11.9. The Morgan fingerprint density at radius 3 is 2.91 bits per heavy atom. The summed E-state index contributed by atoms with van der Waals surface area (Å²) in [7, 11) is 1.87. The minimum atomic E-state index is -0.296. The Morgan fingerprint density at radius 2 is 2.32 bits per heavy atom. The molecule has 2 rings (SSSR count). The van der Waals surface area contributed by atoms with E-state index in [4.69, 9.17) is 11.0 Å². The summed E-state index contributed by atoms with van der Waals surface area (Å²) in [5.74, 6) is 0.654. The third kappa shape index (κ3) is 3.75. The van der Waals surface area contributed by atoms with Crippen molar-refractivity contribution < 1.29 is 4.79 Å². The van der Waals surface area contributed by atoms with E-state index in [-0.39, 0.29) is 22.8 Å². The molecule has 0 fully saturated rings. The van der Waals surface area contributed by atoms with Gasteiger partial charge in [0, 0.05) is 24.0 Å². The van der Waals surface area contributed by atoms with Crippen LogP contribution < -0.4 is 5.73 Å². The van der Waals surface area contributed by atoms with Gasteiger partial charge in [-0.15, -0.1) is 21.5 Å². The van der Waals surface area contributed by atoms with Crippen molar-refractivity contribution in [3.05, 3.63) is 39.5 Å². The Balaban J connectivity index is 2.03. The molecule has 114 valence electrons. The number of Topliss-reactive ketones (excluding diaryl/α,β-unsaturated/α-hetero) is 1. The second kappa shape index (κ2) is 7.24. The third-order valence-corrected chi connectivity index (χ3v) is 4.85. The summed E-state index contributed by atoms with van der Waals surface area (Å²) in [6.45, 7) is 1.54. The molecule has 2 heterocycles. The second-order valence-electron chi connectivity index (χ2n) is 4.60. The number of nitrogens with two attached hydrogens (primary N) is 1. The summed E-state index contributed by atoms with van der Waals surface area (Å²) in [4.78, 5) is 13.1. The molecule has 0 aliphatic rings. The fraction of sp³-hybridized carbons (Fsp3) is 0.286. The molecule has 2 N–H and O–H groups in total. The first kappa shape index (κ1) is 16.3. The fourth-order valence-corrected chi connectivity index (χ4v) is 3.27. The van der Waals surface area contributed by atoms with Crippen LogP contribution in [-0.2, 0) is 18.3 Å². The van der Waals surface area contributed by atoms with Crippen LogP contribution in [0.4, 0.5) is 0 Å². The van der Waals surface area contributed by atoms with Gasteiger partial charge in [-0.2, -0.15) is 5.26 Å². The van der Waals surface area contributed by atoms with E-state index in [1.807, 2.05) is 35.2 Å². The smallest absolute Gasteiger partial charge is 0.191 e. The number of nitrogens with zero attached hydrogens (tertiary/aromatic N) is 4. The number of carbonyl (C=O) groups excluding carboxylic acids is 1. The minimum absolute atomic E-state index is 0.00785. The maximum atomic E-state index is 11.9. The van der Waals surface area contributed by atoms with Crippen LogP contribution >= 0.6 is 23.1 Å². The van der Waals surface area contributed by atoms with Gasteiger partial charge >= 0.3 is 0 Å². The number of carbonyl (C=O) groups is 1. The Morgan fingerprint density at radius 1 is 1.55 bits per heavy atom. The summed E-state index contributed by atoms with van der Waals surface area (Å²) in [6.07, 6.45) is 0.709. The average Bonchev–Trinajstić information content (AvgIpc) is 3.09. The average molecular weight is 333 g/mol. The largest absolute Gasteiger partial charge is 0.401 e. The Bertz CT molecular complexity index is 736. The van der Waals surface area contributed by atoms with Crippen molar-refractivity contribution in [3.8, 4) is 6.07 Å². The van der Waals surface area contributed by atoms with Crippen LogP contribution in [0, 0.1) is 11.3 Å². The number of allylic oxidation sites excluding steroid dienone is 2. The highest BCUT2D eigenvalue weighted by atomic mass is 32.2. The van der Waals surface area contributed by atoms with E-state index < -0.39 is 0 Å². The minimum Gasteiger partial charge on any atom is -0.401 e. The highest BCUT2D eigenvalue weighted by Gasteiger charge is 2.15. The molecule has 0 spiro atoms.